The molecule has 0 bridgehead atoms. The van der Waals surface area contributed by atoms with Crippen LogP contribution in [-0.2, 0) is 0 Å². The summed E-state index contributed by atoms with van der Waals surface area (Å²) in [6.07, 6.45) is 1.47. The molecule has 0 saturated heterocycles. The molecule has 2 aromatic rings. The van der Waals surface area contributed by atoms with Crippen molar-refractivity contribution in [2.24, 2.45) is 4.99 Å². The fourth-order valence-electron chi connectivity index (χ4n) is 1.99. The van der Waals surface area contributed by atoms with Gasteiger partial charge in [0.15, 0.2) is 11.8 Å². The zero-order chi connectivity index (χ0) is 12.0. The lowest BCUT2D eigenvalue weighted by Gasteiger charge is -2.05. The first-order valence-electron chi connectivity index (χ1n) is 5.04. The Balaban J connectivity index is 2.27. The van der Waals surface area contributed by atoms with Gasteiger partial charge < -0.3 is 10.2 Å². The number of hydrogen-bond acceptors (Lipinski definition) is 4. The molecule has 0 unspecified atom stereocenters. The Hall–Kier alpha value is -2.56. The summed E-state index contributed by atoms with van der Waals surface area (Å²) in [5.74, 6) is -0.226. The van der Waals surface area contributed by atoms with Crippen LogP contribution in [0.3, 0.4) is 0 Å². The molecule has 0 amide bonds. The van der Waals surface area contributed by atoms with E-state index in [-0.39, 0.29) is 11.8 Å². The highest BCUT2D eigenvalue weighted by Gasteiger charge is 2.20. The first-order valence-corrected chi connectivity index (χ1v) is 5.04. The van der Waals surface area contributed by atoms with E-state index in [1.165, 1.54) is 12.3 Å². The van der Waals surface area contributed by atoms with Crippen molar-refractivity contribution < 1.29 is 10.2 Å². The summed E-state index contributed by atoms with van der Waals surface area (Å²) >= 11 is 0. The van der Waals surface area contributed by atoms with Crippen LogP contribution in [0.15, 0.2) is 29.3 Å². The molecule has 0 atom stereocenters. The molecule has 3 rings (SSSR count). The van der Waals surface area contributed by atoms with Crippen molar-refractivity contribution in [3.63, 3.8) is 0 Å². The molecule has 1 aromatic heterocycles. The van der Waals surface area contributed by atoms with Crippen LogP contribution in [0.25, 0.3) is 11.1 Å². The van der Waals surface area contributed by atoms with E-state index in [2.05, 4.69) is 9.98 Å². The monoisotopic (exact) mass is 227 g/mol. The predicted molar refractivity (Wildman–Crippen MR) is 64.5 cm³/mol. The summed E-state index contributed by atoms with van der Waals surface area (Å²) in [7, 11) is 0. The van der Waals surface area contributed by atoms with Crippen LogP contribution in [0, 0.1) is 5.41 Å². The SMILES string of the molecule is N=C1C=Nc2cccc(-c3cc(O)[nH]c3O)c21. The lowest BCUT2D eigenvalue weighted by Crippen LogP contribution is -1.97. The molecular formula is C12H9N3O2. The topological polar surface area (TPSA) is 92.5 Å². The number of fused-ring (bicyclic) bond motifs is 1. The number of hydrogen-bond donors (Lipinski definition) is 4. The number of benzene rings is 1. The standard InChI is InChI=1S/C12H9N3O2/c13-8-5-14-9-3-1-2-6(11(8)9)7-4-10(16)15-12(7)17/h1-5,13,15-17H. The van der Waals surface area contributed by atoms with Gasteiger partial charge in [-0.2, -0.15) is 0 Å². The van der Waals surface area contributed by atoms with Crippen LogP contribution in [0.1, 0.15) is 5.56 Å². The molecule has 0 radical (unpaired) electrons. The predicted octanol–water partition coefficient (Wildman–Crippen LogP) is 2.18. The van der Waals surface area contributed by atoms with Crippen LogP contribution in [0.5, 0.6) is 11.8 Å². The second-order valence-corrected chi connectivity index (χ2v) is 3.79. The quantitative estimate of drug-likeness (QED) is 0.601. The van der Waals surface area contributed by atoms with Crippen LogP contribution < -0.4 is 0 Å². The van der Waals surface area contributed by atoms with E-state index in [0.29, 0.717) is 28.1 Å². The Labute approximate surface area is 96.6 Å². The Morgan fingerprint density at radius 1 is 1.18 bits per heavy atom. The Morgan fingerprint density at radius 3 is 2.71 bits per heavy atom. The number of nitrogens with zero attached hydrogens (tertiary/aromatic N) is 1. The average molecular weight is 227 g/mol. The van der Waals surface area contributed by atoms with Crippen molar-refractivity contribution in [3.8, 4) is 22.9 Å². The highest BCUT2D eigenvalue weighted by molar-refractivity contribution is 6.42. The van der Waals surface area contributed by atoms with Crippen LogP contribution in [0.2, 0.25) is 0 Å². The van der Waals surface area contributed by atoms with Gasteiger partial charge in [-0.15, -0.1) is 0 Å². The minimum absolute atomic E-state index is 0.111. The van der Waals surface area contributed by atoms with Gasteiger partial charge in [-0.05, 0) is 11.6 Å². The summed E-state index contributed by atoms with van der Waals surface area (Å²) in [6.45, 7) is 0. The number of aliphatic imine (C=N–C) groups is 1. The number of aromatic amines is 1. The molecule has 1 aromatic carbocycles. The third kappa shape index (κ3) is 1.32. The molecule has 5 nitrogen and oxygen atoms in total. The van der Waals surface area contributed by atoms with Gasteiger partial charge in [0.25, 0.3) is 0 Å². The maximum Gasteiger partial charge on any atom is 0.199 e. The zero-order valence-corrected chi connectivity index (χ0v) is 8.73. The average Bonchev–Trinajstić information content (AvgIpc) is 2.83. The zero-order valence-electron chi connectivity index (χ0n) is 8.73. The van der Waals surface area contributed by atoms with Crippen LogP contribution in [-0.4, -0.2) is 27.1 Å². The molecule has 84 valence electrons. The van der Waals surface area contributed by atoms with Gasteiger partial charge in [-0.3, -0.25) is 15.4 Å². The van der Waals surface area contributed by atoms with Gasteiger partial charge in [0.2, 0.25) is 0 Å². The molecular weight excluding hydrogens is 218 g/mol. The minimum atomic E-state index is -0.115. The smallest absolute Gasteiger partial charge is 0.199 e. The van der Waals surface area contributed by atoms with Gasteiger partial charge in [0, 0.05) is 17.2 Å². The molecule has 1 aliphatic heterocycles. The third-order valence-corrected chi connectivity index (χ3v) is 2.72. The van der Waals surface area contributed by atoms with Gasteiger partial charge in [0.05, 0.1) is 17.6 Å². The molecule has 0 aliphatic carbocycles. The largest absolute Gasteiger partial charge is 0.494 e. The molecule has 0 saturated carbocycles. The fraction of sp³-hybridized carbons (Fsp3) is 0. The summed E-state index contributed by atoms with van der Waals surface area (Å²) in [4.78, 5) is 6.51. The Kier molecular flexibility index (Phi) is 1.82. The molecule has 2 heterocycles. The molecule has 1 aliphatic rings. The van der Waals surface area contributed by atoms with Crippen LogP contribution in [0.4, 0.5) is 5.69 Å². The number of H-pyrrole nitrogens is 1. The van der Waals surface area contributed by atoms with E-state index in [9.17, 15) is 10.2 Å². The lowest BCUT2D eigenvalue weighted by atomic mass is 9.98. The van der Waals surface area contributed by atoms with Gasteiger partial charge >= 0.3 is 0 Å². The maximum atomic E-state index is 9.68. The van der Waals surface area contributed by atoms with Gasteiger partial charge in [-0.1, -0.05) is 12.1 Å². The molecule has 0 fully saturated rings. The van der Waals surface area contributed by atoms with Crippen molar-refractivity contribution >= 4 is 17.6 Å². The van der Waals surface area contributed by atoms with Crippen molar-refractivity contribution in [1.29, 1.82) is 5.41 Å². The third-order valence-electron chi connectivity index (χ3n) is 2.72. The molecule has 17 heavy (non-hydrogen) atoms. The minimum Gasteiger partial charge on any atom is -0.494 e. The second kappa shape index (κ2) is 3.21. The van der Waals surface area contributed by atoms with E-state index >= 15 is 0 Å². The highest BCUT2D eigenvalue weighted by Crippen LogP contribution is 2.39. The lowest BCUT2D eigenvalue weighted by molar-refractivity contribution is 0.426. The highest BCUT2D eigenvalue weighted by atomic mass is 16.3. The Bertz CT molecular complexity index is 656. The number of nitrogens with one attached hydrogen (secondary N) is 2. The van der Waals surface area contributed by atoms with E-state index in [1.54, 1.807) is 18.2 Å². The number of aromatic nitrogens is 1. The molecule has 5 heteroatoms. The maximum absolute atomic E-state index is 9.68. The first-order chi connectivity index (χ1) is 8.16. The van der Waals surface area contributed by atoms with E-state index in [0.717, 1.165) is 0 Å². The van der Waals surface area contributed by atoms with Crippen molar-refractivity contribution in [2.75, 3.05) is 0 Å². The normalized spacial score (nSPS) is 13.1. The summed E-state index contributed by atoms with van der Waals surface area (Å²) in [5.41, 5.74) is 2.82. The Morgan fingerprint density at radius 2 is 2.00 bits per heavy atom. The first kappa shape index (κ1) is 9.65. The summed E-state index contributed by atoms with van der Waals surface area (Å²) in [6, 6.07) is 6.81. The van der Waals surface area contributed by atoms with E-state index < -0.39 is 0 Å². The van der Waals surface area contributed by atoms with Gasteiger partial charge in [0.1, 0.15) is 0 Å². The van der Waals surface area contributed by atoms with E-state index in [4.69, 9.17) is 5.41 Å². The molecule has 0 spiro atoms. The second-order valence-electron chi connectivity index (χ2n) is 3.79. The van der Waals surface area contributed by atoms with Gasteiger partial charge in [-0.25, -0.2) is 0 Å². The molecule has 4 N–H and O–H groups in total. The summed E-state index contributed by atoms with van der Waals surface area (Å²) in [5, 5.41) is 26.8. The number of aromatic hydroxyl groups is 2. The van der Waals surface area contributed by atoms with Crippen molar-refractivity contribution in [3.05, 3.63) is 29.8 Å². The van der Waals surface area contributed by atoms with Crippen molar-refractivity contribution in [1.82, 2.24) is 4.98 Å². The van der Waals surface area contributed by atoms with Crippen molar-refractivity contribution in [2.45, 2.75) is 0 Å². The number of rotatable bonds is 1. The fourth-order valence-corrected chi connectivity index (χ4v) is 1.99. The summed E-state index contributed by atoms with van der Waals surface area (Å²) < 4.78 is 0. The van der Waals surface area contributed by atoms with E-state index in [1.807, 2.05) is 0 Å². The van der Waals surface area contributed by atoms with Crippen LogP contribution >= 0.6 is 0 Å².